The maximum absolute atomic E-state index is 11.8. The second-order valence-electron chi connectivity index (χ2n) is 6.56. The highest BCUT2D eigenvalue weighted by molar-refractivity contribution is 9.10. The van der Waals surface area contributed by atoms with Crippen LogP contribution >= 0.6 is 15.9 Å². The number of carbonyl (C=O) groups excluding carboxylic acids is 1. The van der Waals surface area contributed by atoms with E-state index in [9.17, 15) is 4.79 Å². The first-order chi connectivity index (χ1) is 10.2. The molecule has 4 nitrogen and oxygen atoms in total. The van der Waals surface area contributed by atoms with Gasteiger partial charge in [0.15, 0.2) is 0 Å². The van der Waals surface area contributed by atoms with Crippen molar-refractivity contribution in [1.82, 2.24) is 0 Å². The van der Waals surface area contributed by atoms with Crippen LogP contribution in [-0.4, -0.2) is 31.4 Å². The molecule has 1 aromatic carbocycles. The van der Waals surface area contributed by atoms with Gasteiger partial charge >= 0.3 is 13.1 Å². The van der Waals surface area contributed by atoms with Gasteiger partial charge in [-0.1, -0.05) is 28.1 Å². The van der Waals surface area contributed by atoms with E-state index in [-0.39, 0.29) is 18.2 Å². The molecule has 1 aliphatic rings. The van der Waals surface area contributed by atoms with Gasteiger partial charge in [0, 0.05) is 10.3 Å². The second-order valence-corrected chi connectivity index (χ2v) is 7.48. The lowest BCUT2D eigenvalue weighted by Gasteiger charge is -2.32. The van der Waals surface area contributed by atoms with E-state index in [2.05, 4.69) is 15.9 Å². The van der Waals surface area contributed by atoms with Gasteiger partial charge in [-0.15, -0.1) is 0 Å². The molecule has 1 aromatic rings. The highest BCUT2D eigenvalue weighted by Gasteiger charge is 2.54. The molecule has 1 aliphatic heterocycles. The van der Waals surface area contributed by atoms with Crippen molar-refractivity contribution in [3.8, 4) is 0 Å². The van der Waals surface area contributed by atoms with E-state index in [1.807, 2.05) is 52.0 Å². The lowest BCUT2D eigenvalue weighted by Crippen LogP contribution is -2.41. The number of hydrogen-bond acceptors (Lipinski definition) is 4. The Labute approximate surface area is 140 Å². The Morgan fingerprint density at radius 1 is 1.18 bits per heavy atom. The number of methoxy groups -OCH3 is 1. The van der Waals surface area contributed by atoms with Crippen molar-refractivity contribution in [2.24, 2.45) is 0 Å². The first-order valence-electron chi connectivity index (χ1n) is 7.34. The molecule has 0 N–H and O–H groups in total. The predicted molar refractivity (Wildman–Crippen MR) is 89.6 cm³/mol. The van der Waals surface area contributed by atoms with Gasteiger partial charge in [-0.3, -0.25) is 4.79 Å². The van der Waals surface area contributed by atoms with Crippen LogP contribution < -0.4 is 0 Å². The Hall–Kier alpha value is -0.845. The maximum atomic E-state index is 11.8. The molecule has 120 valence electrons. The zero-order valence-corrected chi connectivity index (χ0v) is 15.3. The summed E-state index contributed by atoms with van der Waals surface area (Å²) >= 11 is 3.42. The highest BCUT2D eigenvalue weighted by Crippen LogP contribution is 2.41. The van der Waals surface area contributed by atoms with E-state index in [0.29, 0.717) is 0 Å². The van der Waals surface area contributed by atoms with Gasteiger partial charge in [0.05, 0.1) is 24.7 Å². The first kappa shape index (κ1) is 17.5. The minimum atomic E-state index is -0.481. The van der Waals surface area contributed by atoms with Crippen LogP contribution in [-0.2, 0) is 18.8 Å². The molecule has 6 heteroatoms. The Morgan fingerprint density at radius 2 is 1.68 bits per heavy atom. The molecular weight excluding hydrogens is 347 g/mol. The third-order valence-electron chi connectivity index (χ3n) is 4.51. The fraction of sp³-hybridized carbons (Fsp3) is 0.562. The molecule has 1 unspecified atom stereocenters. The van der Waals surface area contributed by atoms with E-state index >= 15 is 0 Å². The number of esters is 1. The summed E-state index contributed by atoms with van der Waals surface area (Å²) in [4.78, 5) is 11.8. The van der Waals surface area contributed by atoms with Crippen LogP contribution in [0.2, 0.25) is 0 Å². The monoisotopic (exact) mass is 368 g/mol. The van der Waals surface area contributed by atoms with E-state index in [1.54, 1.807) is 0 Å². The van der Waals surface area contributed by atoms with Crippen LogP contribution in [0.1, 0.15) is 45.5 Å². The van der Waals surface area contributed by atoms with Gasteiger partial charge in [0.25, 0.3) is 0 Å². The van der Waals surface area contributed by atoms with Crippen LogP contribution in [0.3, 0.4) is 0 Å². The standard InChI is InChI=1S/C16H22BBrO4/c1-15(2)16(3,4)22-17(21-15)13(10-14(19)20-5)11-6-8-12(18)9-7-11/h6-9,13H,10H2,1-5H3. The molecule has 0 bridgehead atoms. The molecule has 0 radical (unpaired) electrons. The van der Waals surface area contributed by atoms with E-state index in [1.165, 1.54) is 7.11 Å². The van der Waals surface area contributed by atoms with E-state index < -0.39 is 18.3 Å². The third kappa shape index (κ3) is 3.55. The van der Waals surface area contributed by atoms with Gasteiger partial charge in [-0.2, -0.15) is 0 Å². The summed E-state index contributed by atoms with van der Waals surface area (Å²) in [5, 5.41) is 0. The first-order valence-corrected chi connectivity index (χ1v) is 8.13. The number of ether oxygens (including phenoxy) is 1. The fourth-order valence-electron chi connectivity index (χ4n) is 2.40. The molecule has 0 saturated carbocycles. The summed E-state index contributed by atoms with van der Waals surface area (Å²) in [5.41, 5.74) is 0.134. The van der Waals surface area contributed by atoms with Crippen molar-refractivity contribution in [1.29, 1.82) is 0 Å². The predicted octanol–water partition coefficient (Wildman–Crippen LogP) is 3.73. The Balaban J connectivity index is 2.29. The van der Waals surface area contributed by atoms with Crippen molar-refractivity contribution in [2.45, 2.75) is 51.1 Å². The molecule has 0 aromatic heterocycles. The Kier molecular flexibility index (Phi) is 5.04. The summed E-state index contributed by atoms with van der Waals surface area (Å²) in [6, 6.07) is 7.85. The Morgan fingerprint density at radius 3 is 2.14 bits per heavy atom. The third-order valence-corrected chi connectivity index (χ3v) is 5.04. The summed E-state index contributed by atoms with van der Waals surface area (Å²) < 4.78 is 18.0. The molecule has 0 amide bonds. The fourth-order valence-corrected chi connectivity index (χ4v) is 2.66. The topological polar surface area (TPSA) is 44.8 Å². The van der Waals surface area contributed by atoms with Crippen LogP contribution in [0.25, 0.3) is 0 Å². The number of hydrogen-bond donors (Lipinski definition) is 0. The van der Waals surface area contributed by atoms with Gasteiger partial charge in [-0.25, -0.2) is 0 Å². The minimum absolute atomic E-state index is 0.207. The van der Waals surface area contributed by atoms with Crippen molar-refractivity contribution in [3.63, 3.8) is 0 Å². The lowest BCUT2D eigenvalue weighted by atomic mass is 9.66. The SMILES string of the molecule is COC(=O)CC(B1OC(C)(C)C(C)(C)O1)c1ccc(Br)cc1. The van der Waals surface area contributed by atoms with Crippen LogP contribution in [0.4, 0.5) is 0 Å². The number of halogens is 1. The van der Waals surface area contributed by atoms with Crippen LogP contribution in [0, 0.1) is 0 Å². The molecule has 2 rings (SSSR count). The van der Waals surface area contributed by atoms with E-state index in [0.717, 1.165) is 10.0 Å². The van der Waals surface area contributed by atoms with Gasteiger partial charge in [0.1, 0.15) is 0 Å². The smallest absolute Gasteiger partial charge is 0.466 e. The van der Waals surface area contributed by atoms with Gasteiger partial charge in [-0.05, 0) is 45.4 Å². The lowest BCUT2D eigenvalue weighted by molar-refractivity contribution is -0.140. The average molecular weight is 369 g/mol. The molecule has 1 saturated heterocycles. The summed E-state index contributed by atoms with van der Waals surface area (Å²) in [6.07, 6.45) is 0.217. The normalized spacial score (nSPS) is 20.7. The minimum Gasteiger partial charge on any atom is -0.469 e. The quantitative estimate of drug-likeness (QED) is 0.600. The molecule has 0 spiro atoms. The largest absolute Gasteiger partial charge is 0.469 e. The highest BCUT2D eigenvalue weighted by atomic mass is 79.9. The van der Waals surface area contributed by atoms with Crippen LogP contribution in [0.15, 0.2) is 28.7 Å². The molecular formula is C16H22BBrO4. The van der Waals surface area contributed by atoms with Gasteiger partial charge in [0.2, 0.25) is 0 Å². The number of benzene rings is 1. The molecule has 0 aliphatic carbocycles. The zero-order chi connectivity index (χ0) is 16.5. The number of rotatable bonds is 4. The van der Waals surface area contributed by atoms with Crippen LogP contribution in [0.5, 0.6) is 0 Å². The summed E-state index contributed by atoms with van der Waals surface area (Å²) in [5.74, 6) is -0.482. The van der Waals surface area contributed by atoms with Crippen molar-refractivity contribution >= 4 is 29.0 Å². The average Bonchev–Trinajstić information content (AvgIpc) is 2.65. The Bertz CT molecular complexity index is 526. The van der Waals surface area contributed by atoms with Crippen molar-refractivity contribution in [2.75, 3.05) is 7.11 Å². The zero-order valence-electron chi connectivity index (χ0n) is 13.7. The van der Waals surface area contributed by atoms with Crippen molar-refractivity contribution < 1.29 is 18.8 Å². The summed E-state index contributed by atoms with van der Waals surface area (Å²) in [7, 11) is 0.913. The van der Waals surface area contributed by atoms with Gasteiger partial charge < -0.3 is 14.0 Å². The molecule has 1 atom stereocenters. The molecule has 1 fully saturated rings. The van der Waals surface area contributed by atoms with Crippen molar-refractivity contribution in [3.05, 3.63) is 34.3 Å². The van der Waals surface area contributed by atoms with E-state index in [4.69, 9.17) is 14.0 Å². The number of carbonyl (C=O) groups is 1. The molecule has 1 heterocycles. The maximum Gasteiger partial charge on any atom is 0.466 e. The second kappa shape index (κ2) is 6.34. The summed E-state index contributed by atoms with van der Waals surface area (Å²) in [6.45, 7) is 8.02. The molecule has 22 heavy (non-hydrogen) atoms.